The maximum atomic E-state index is 11.6. The Morgan fingerprint density at radius 3 is 2.80 bits per heavy atom. The third-order valence-electron chi connectivity index (χ3n) is 2.84. The van der Waals surface area contributed by atoms with E-state index in [9.17, 15) is 4.79 Å². The summed E-state index contributed by atoms with van der Waals surface area (Å²) in [5, 5.41) is 6.80. The van der Waals surface area contributed by atoms with Crippen LogP contribution in [0.3, 0.4) is 0 Å². The van der Waals surface area contributed by atoms with Crippen LogP contribution in [0.4, 0.5) is 0 Å². The highest BCUT2D eigenvalue weighted by atomic mass is 16.5. The molecule has 3 rings (SSSR count). The summed E-state index contributed by atoms with van der Waals surface area (Å²) in [6.45, 7) is 2.09. The first-order valence-corrected chi connectivity index (χ1v) is 6.21. The number of carbonyl (C=O) groups excluding carboxylic acids is 1. The molecule has 3 aromatic rings. The zero-order valence-corrected chi connectivity index (χ0v) is 10.8. The predicted octanol–water partition coefficient (Wildman–Crippen LogP) is 2.20. The molecule has 0 amide bonds. The van der Waals surface area contributed by atoms with Crippen molar-refractivity contribution in [1.82, 2.24) is 20.2 Å². The molecular weight excluding hydrogens is 256 g/mol. The highest BCUT2D eigenvalue weighted by Crippen LogP contribution is 2.21. The third kappa shape index (κ3) is 2.23. The Hall–Kier alpha value is -2.76. The summed E-state index contributed by atoms with van der Waals surface area (Å²) in [7, 11) is 0. The molecule has 0 aliphatic heterocycles. The summed E-state index contributed by atoms with van der Waals surface area (Å²) in [4.78, 5) is 20.0. The molecule has 0 saturated carbocycles. The van der Waals surface area contributed by atoms with Crippen LogP contribution >= 0.6 is 0 Å². The van der Waals surface area contributed by atoms with Gasteiger partial charge in [0.05, 0.1) is 23.3 Å². The Morgan fingerprint density at radius 1 is 1.20 bits per heavy atom. The number of nitrogens with zero attached hydrogens (tertiary/aromatic N) is 3. The smallest absolute Gasteiger partial charge is 0.356 e. The molecule has 0 bridgehead atoms. The molecule has 2 heterocycles. The number of aromatic amines is 1. The van der Waals surface area contributed by atoms with Gasteiger partial charge in [0.2, 0.25) is 0 Å². The van der Waals surface area contributed by atoms with Gasteiger partial charge in [0, 0.05) is 18.0 Å². The Kier molecular flexibility index (Phi) is 3.12. The topological polar surface area (TPSA) is 80.8 Å². The van der Waals surface area contributed by atoms with E-state index in [1.54, 1.807) is 25.4 Å². The van der Waals surface area contributed by atoms with Crippen molar-refractivity contribution >= 4 is 17.0 Å². The summed E-state index contributed by atoms with van der Waals surface area (Å²) in [6, 6.07) is 7.31. The number of benzene rings is 1. The molecule has 20 heavy (non-hydrogen) atoms. The average molecular weight is 268 g/mol. The summed E-state index contributed by atoms with van der Waals surface area (Å²) in [5.74, 6) is -0.410. The summed E-state index contributed by atoms with van der Waals surface area (Å²) in [5.41, 5.74) is 3.47. The molecule has 0 atom stereocenters. The van der Waals surface area contributed by atoms with Crippen LogP contribution in [0.1, 0.15) is 17.4 Å². The largest absolute Gasteiger partial charge is 0.461 e. The maximum absolute atomic E-state index is 11.6. The fourth-order valence-electron chi connectivity index (χ4n) is 1.91. The molecule has 1 aromatic carbocycles. The van der Waals surface area contributed by atoms with Crippen LogP contribution in [-0.2, 0) is 4.74 Å². The van der Waals surface area contributed by atoms with E-state index in [1.165, 1.54) is 0 Å². The van der Waals surface area contributed by atoms with Crippen LogP contribution in [0, 0.1) is 0 Å². The van der Waals surface area contributed by atoms with E-state index in [4.69, 9.17) is 4.74 Å². The normalized spacial score (nSPS) is 10.7. The van der Waals surface area contributed by atoms with E-state index in [-0.39, 0.29) is 0 Å². The summed E-state index contributed by atoms with van der Waals surface area (Å²) >= 11 is 0. The van der Waals surface area contributed by atoms with E-state index >= 15 is 0 Å². The molecule has 0 saturated heterocycles. The lowest BCUT2D eigenvalue weighted by Gasteiger charge is -1.99. The molecule has 0 aliphatic rings. The maximum Gasteiger partial charge on any atom is 0.356 e. The van der Waals surface area contributed by atoms with Crippen molar-refractivity contribution < 1.29 is 9.53 Å². The Balaban J connectivity index is 1.96. The number of rotatable bonds is 3. The van der Waals surface area contributed by atoms with Crippen molar-refractivity contribution in [3.8, 4) is 11.3 Å². The number of hydrogen-bond acceptors (Lipinski definition) is 5. The summed E-state index contributed by atoms with van der Waals surface area (Å²) < 4.78 is 4.91. The highest BCUT2D eigenvalue weighted by molar-refractivity contribution is 5.89. The van der Waals surface area contributed by atoms with E-state index < -0.39 is 5.97 Å². The standard InChI is InChI=1S/C14H12N4O2/c1-2-20-14(19)13-8-11(17-18-13)9-3-4-10-12(7-9)16-6-5-15-10/h3-8H,2H2,1H3,(H,17,18). The van der Waals surface area contributed by atoms with E-state index in [2.05, 4.69) is 20.2 Å². The second-order valence-corrected chi connectivity index (χ2v) is 4.15. The van der Waals surface area contributed by atoms with Gasteiger partial charge in [0.15, 0.2) is 0 Å². The number of carbonyl (C=O) groups is 1. The van der Waals surface area contributed by atoms with E-state index in [1.807, 2.05) is 18.2 Å². The van der Waals surface area contributed by atoms with Crippen LogP contribution in [0.2, 0.25) is 0 Å². The molecule has 100 valence electrons. The number of aromatic nitrogens is 4. The van der Waals surface area contributed by atoms with Gasteiger partial charge in [0.25, 0.3) is 0 Å². The van der Waals surface area contributed by atoms with Crippen LogP contribution in [0.5, 0.6) is 0 Å². The second-order valence-electron chi connectivity index (χ2n) is 4.15. The van der Waals surface area contributed by atoms with Gasteiger partial charge in [-0.05, 0) is 25.1 Å². The minimum atomic E-state index is -0.410. The van der Waals surface area contributed by atoms with Crippen LogP contribution in [0.25, 0.3) is 22.3 Å². The Labute approximate surface area is 114 Å². The molecule has 0 radical (unpaired) electrons. The van der Waals surface area contributed by atoms with Gasteiger partial charge in [-0.3, -0.25) is 15.1 Å². The zero-order chi connectivity index (χ0) is 13.9. The van der Waals surface area contributed by atoms with Gasteiger partial charge in [-0.15, -0.1) is 0 Å². The van der Waals surface area contributed by atoms with Crippen LogP contribution < -0.4 is 0 Å². The Bertz CT molecular complexity index is 766. The van der Waals surface area contributed by atoms with Crippen molar-refractivity contribution in [2.24, 2.45) is 0 Å². The van der Waals surface area contributed by atoms with Crippen molar-refractivity contribution in [2.75, 3.05) is 6.61 Å². The third-order valence-corrected chi connectivity index (χ3v) is 2.84. The van der Waals surface area contributed by atoms with Gasteiger partial charge < -0.3 is 4.74 Å². The van der Waals surface area contributed by atoms with Gasteiger partial charge in [-0.1, -0.05) is 6.07 Å². The second kappa shape index (κ2) is 5.08. The number of nitrogens with one attached hydrogen (secondary N) is 1. The first-order valence-electron chi connectivity index (χ1n) is 6.21. The molecule has 0 unspecified atom stereocenters. The lowest BCUT2D eigenvalue weighted by atomic mass is 10.1. The van der Waals surface area contributed by atoms with Gasteiger partial charge in [-0.25, -0.2) is 4.79 Å². The fraction of sp³-hybridized carbons (Fsp3) is 0.143. The minimum absolute atomic E-state index is 0.332. The van der Waals surface area contributed by atoms with Crippen molar-refractivity contribution in [1.29, 1.82) is 0 Å². The molecule has 6 heteroatoms. The molecule has 0 fully saturated rings. The molecule has 0 aliphatic carbocycles. The van der Waals surface area contributed by atoms with Crippen LogP contribution in [0.15, 0.2) is 36.7 Å². The first-order chi connectivity index (χ1) is 9.78. The molecule has 6 nitrogen and oxygen atoms in total. The average Bonchev–Trinajstić information content (AvgIpc) is 2.97. The first kappa shape index (κ1) is 12.3. The number of hydrogen-bond donors (Lipinski definition) is 1. The van der Waals surface area contributed by atoms with Gasteiger partial charge in [-0.2, -0.15) is 5.10 Å². The molecule has 2 aromatic heterocycles. The number of esters is 1. The minimum Gasteiger partial charge on any atom is -0.461 e. The Morgan fingerprint density at radius 2 is 2.00 bits per heavy atom. The van der Waals surface area contributed by atoms with E-state index in [0.717, 1.165) is 16.6 Å². The van der Waals surface area contributed by atoms with E-state index in [0.29, 0.717) is 18.0 Å². The zero-order valence-electron chi connectivity index (χ0n) is 10.8. The number of ether oxygens (including phenoxy) is 1. The SMILES string of the molecule is CCOC(=O)c1cc(-c2ccc3nccnc3c2)n[nH]1. The summed E-state index contributed by atoms with van der Waals surface area (Å²) in [6.07, 6.45) is 3.29. The van der Waals surface area contributed by atoms with Crippen molar-refractivity contribution in [2.45, 2.75) is 6.92 Å². The monoisotopic (exact) mass is 268 g/mol. The van der Waals surface area contributed by atoms with Crippen molar-refractivity contribution in [3.05, 3.63) is 42.4 Å². The molecular formula is C14H12N4O2. The van der Waals surface area contributed by atoms with Crippen molar-refractivity contribution in [3.63, 3.8) is 0 Å². The van der Waals surface area contributed by atoms with Gasteiger partial charge >= 0.3 is 5.97 Å². The molecule has 0 spiro atoms. The molecule has 1 N–H and O–H groups in total. The lowest BCUT2D eigenvalue weighted by Crippen LogP contribution is -2.04. The fourth-order valence-corrected chi connectivity index (χ4v) is 1.91. The number of H-pyrrole nitrogens is 1. The highest BCUT2D eigenvalue weighted by Gasteiger charge is 2.12. The van der Waals surface area contributed by atoms with Crippen LogP contribution in [-0.4, -0.2) is 32.7 Å². The quantitative estimate of drug-likeness (QED) is 0.736. The van der Waals surface area contributed by atoms with Gasteiger partial charge in [0.1, 0.15) is 5.69 Å². The lowest BCUT2D eigenvalue weighted by molar-refractivity contribution is 0.0519. The number of fused-ring (bicyclic) bond motifs is 1. The predicted molar refractivity (Wildman–Crippen MR) is 73.1 cm³/mol.